The summed E-state index contributed by atoms with van der Waals surface area (Å²) < 4.78 is 40.3. The van der Waals surface area contributed by atoms with Crippen LogP contribution < -0.4 is 0 Å². The molecule has 7 heteroatoms. The van der Waals surface area contributed by atoms with Crippen molar-refractivity contribution in [2.24, 2.45) is 0 Å². The first-order valence-electron chi connectivity index (χ1n) is 9.34. The number of rotatable bonds is 3. The number of benzene rings is 2. The number of likely N-dealkylation sites (tertiary alicyclic amines) is 1. The molecule has 0 aliphatic carbocycles. The van der Waals surface area contributed by atoms with Gasteiger partial charge in [-0.3, -0.25) is 4.79 Å². The van der Waals surface area contributed by atoms with Crippen molar-refractivity contribution in [1.29, 1.82) is 0 Å². The Balaban J connectivity index is 1.55. The first-order chi connectivity index (χ1) is 14.0. The molecule has 0 saturated carbocycles. The van der Waals surface area contributed by atoms with Gasteiger partial charge in [-0.05, 0) is 55.3 Å². The van der Waals surface area contributed by atoms with Crippen molar-refractivity contribution in [2.45, 2.75) is 18.8 Å². The van der Waals surface area contributed by atoms with Crippen LogP contribution in [0.5, 0.6) is 0 Å². The number of hydrogen-bond acceptors (Lipinski definition) is 3. The summed E-state index contributed by atoms with van der Waals surface area (Å²) in [5, 5.41) is 0. The average Bonchev–Trinajstić information content (AvgIpc) is 2.74. The molecule has 4 nitrogen and oxygen atoms in total. The summed E-state index contributed by atoms with van der Waals surface area (Å²) in [6.45, 7) is 0.886. The van der Waals surface area contributed by atoms with Crippen LogP contribution in [0.4, 0.5) is 13.2 Å². The number of piperidine rings is 1. The molecule has 2 aromatic carbocycles. The lowest BCUT2D eigenvalue weighted by Gasteiger charge is -2.32. The van der Waals surface area contributed by atoms with Crippen LogP contribution in [-0.4, -0.2) is 33.9 Å². The zero-order chi connectivity index (χ0) is 20.4. The SMILES string of the molecule is O=C(c1ccc(F)cc1F)N1CCC[C@@H](c2ccnc(-c3ccc(F)cc3)n2)C1. The normalized spacial score (nSPS) is 16.7. The second-order valence-electron chi connectivity index (χ2n) is 7.03. The van der Waals surface area contributed by atoms with E-state index >= 15 is 0 Å². The molecular weight excluding hydrogens is 379 g/mol. The summed E-state index contributed by atoms with van der Waals surface area (Å²) in [6.07, 6.45) is 3.21. The highest BCUT2D eigenvalue weighted by molar-refractivity contribution is 5.94. The summed E-state index contributed by atoms with van der Waals surface area (Å²) in [7, 11) is 0. The van der Waals surface area contributed by atoms with Crippen LogP contribution in [0.3, 0.4) is 0 Å². The molecule has 2 heterocycles. The predicted molar refractivity (Wildman–Crippen MR) is 102 cm³/mol. The highest BCUT2D eigenvalue weighted by atomic mass is 19.1. The van der Waals surface area contributed by atoms with Crippen LogP contribution in [0.15, 0.2) is 54.7 Å². The fraction of sp³-hybridized carbons (Fsp3) is 0.227. The van der Waals surface area contributed by atoms with E-state index in [2.05, 4.69) is 9.97 Å². The molecule has 29 heavy (non-hydrogen) atoms. The molecule has 0 bridgehead atoms. The monoisotopic (exact) mass is 397 g/mol. The van der Waals surface area contributed by atoms with Crippen molar-refractivity contribution < 1.29 is 18.0 Å². The van der Waals surface area contributed by atoms with Crippen LogP contribution in [-0.2, 0) is 0 Å². The fourth-order valence-corrected chi connectivity index (χ4v) is 3.57. The lowest BCUT2D eigenvalue weighted by atomic mass is 9.94. The van der Waals surface area contributed by atoms with Crippen molar-refractivity contribution in [1.82, 2.24) is 14.9 Å². The number of carbonyl (C=O) groups excluding carboxylic acids is 1. The molecule has 3 aromatic rings. The Hall–Kier alpha value is -3.22. The van der Waals surface area contributed by atoms with Crippen LogP contribution >= 0.6 is 0 Å². The van der Waals surface area contributed by atoms with Gasteiger partial charge in [-0.25, -0.2) is 23.1 Å². The molecule has 1 saturated heterocycles. The minimum Gasteiger partial charge on any atom is -0.338 e. The molecule has 1 fully saturated rings. The van der Waals surface area contributed by atoms with E-state index in [0.29, 0.717) is 30.5 Å². The summed E-state index contributed by atoms with van der Waals surface area (Å²) in [5.41, 5.74) is 1.34. The van der Waals surface area contributed by atoms with Gasteiger partial charge in [0, 0.05) is 42.5 Å². The third kappa shape index (κ3) is 4.13. The zero-order valence-corrected chi connectivity index (χ0v) is 15.5. The van der Waals surface area contributed by atoms with Gasteiger partial charge in [-0.1, -0.05) is 0 Å². The smallest absolute Gasteiger partial charge is 0.256 e. The molecule has 1 aromatic heterocycles. The Kier molecular flexibility index (Phi) is 5.29. The number of aromatic nitrogens is 2. The van der Waals surface area contributed by atoms with Gasteiger partial charge in [0.2, 0.25) is 0 Å². The van der Waals surface area contributed by atoms with E-state index in [-0.39, 0.29) is 17.3 Å². The van der Waals surface area contributed by atoms with Gasteiger partial charge in [-0.2, -0.15) is 0 Å². The third-order valence-corrected chi connectivity index (χ3v) is 5.07. The zero-order valence-electron chi connectivity index (χ0n) is 15.5. The molecule has 4 rings (SSSR count). The number of nitrogens with zero attached hydrogens (tertiary/aromatic N) is 3. The van der Waals surface area contributed by atoms with Crippen molar-refractivity contribution in [3.8, 4) is 11.4 Å². The number of halogens is 3. The Morgan fingerprint density at radius 3 is 2.52 bits per heavy atom. The largest absolute Gasteiger partial charge is 0.338 e. The second kappa shape index (κ2) is 8.03. The molecule has 148 valence electrons. The Labute approximate surface area is 166 Å². The van der Waals surface area contributed by atoms with E-state index < -0.39 is 17.5 Å². The van der Waals surface area contributed by atoms with Crippen LogP contribution in [0, 0.1) is 17.5 Å². The molecule has 0 N–H and O–H groups in total. The van der Waals surface area contributed by atoms with E-state index in [1.807, 2.05) is 0 Å². The van der Waals surface area contributed by atoms with Crippen molar-refractivity contribution in [2.75, 3.05) is 13.1 Å². The van der Waals surface area contributed by atoms with Crippen molar-refractivity contribution in [3.05, 3.63) is 83.4 Å². The average molecular weight is 397 g/mol. The van der Waals surface area contributed by atoms with E-state index in [1.165, 1.54) is 18.2 Å². The maximum Gasteiger partial charge on any atom is 0.256 e. The first-order valence-corrected chi connectivity index (χ1v) is 9.34. The van der Waals surface area contributed by atoms with Gasteiger partial charge >= 0.3 is 0 Å². The number of carbonyl (C=O) groups is 1. The van der Waals surface area contributed by atoms with Gasteiger partial charge in [0.05, 0.1) is 5.56 Å². The number of hydrogen-bond donors (Lipinski definition) is 0. The lowest BCUT2D eigenvalue weighted by Crippen LogP contribution is -2.39. The lowest BCUT2D eigenvalue weighted by molar-refractivity contribution is 0.0701. The van der Waals surface area contributed by atoms with Crippen LogP contribution in [0.1, 0.15) is 34.8 Å². The molecule has 0 radical (unpaired) electrons. The van der Waals surface area contributed by atoms with E-state index in [9.17, 15) is 18.0 Å². The summed E-state index contributed by atoms with van der Waals surface area (Å²) in [4.78, 5) is 23.2. The summed E-state index contributed by atoms with van der Waals surface area (Å²) >= 11 is 0. The van der Waals surface area contributed by atoms with Crippen molar-refractivity contribution >= 4 is 5.91 Å². The summed E-state index contributed by atoms with van der Waals surface area (Å²) in [6, 6.07) is 10.7. The van der Waals surface area contributed by atoms with Gasteiger partial charge in [0.1, 0.15) is 17.5 Å². The number of amides is 1. The van der Waals surface area contributed by atoms with Gasteiger partial charge in [-0.15, -0.1) is 0 Å². The fourth-order valence-electron chi connectivity index (χ4n) is 3.57. The summed E-state index contributed by atoms with van der Waals surface area (Å²) in [5.74, 6) is -1.92. The molecular formula is C22H18F3N3O. The molecule has 0 spiro atoms. The second-order valence-corrected chi connectivity index (χ2v) is 7.03. The maximum atomic E-state index is 14.0. The van der Waals surface area contributed by atoms with Gasteiger partial charge in [0.25, 0.3) is 5.91 Å². The molecule has 1 atom stereocenters. The third-order valence-electron chi connectivity index (χ3n) is 5.07. The first kappa shape index (κ1) is 19.1. The Bertz CT molecular complexity index is 1040. The Morgan fingerprint density at radius 2 is 1.76 bits per heavy atom. The van der Waals surface area contributed by atoms with Crippen LogP contribution in [0.2, 0.25) is 0 Å². The topological polar surface area (TPSA) is 46.1 Å². The Morgan fingerprint density at radius 1 is 1.00 bits per heavy atom. The van der Waals surface area contributed by atoms with E-state index in [1.54, 1.807) is 29.3 Å². The molecule has 1 aliphatic heterocycles. The minimum absolute atomic E-state index is 0.0293. The van der Waals surface area contributed by atoms with Gasteiger partial charge < -0.3 is 4.90 Å². The quantitative estimate of drug-likeness (QED) is 0.650. The molecule has 0 unspecified atom stereocenters. The van der Waals surface area contributed by atoms with E-state index in [4.69, 9.17) is 0 Å². The maximum absolute atomic E-state index is 14.0. The van der Waals surface area contributed by atoms with E-state index in [0.717, 1.165) is 24.6 Å². The minimum atomic E-state index is -0.863. The van der Waals surface area contributed by atoms with Crippen LogP contribution in [0.25, 0.3) is 11.4 Å². The highest BCUT2D eigenvalue weighted by Crippen LogP contribution is 2.28. The highest BCUT2D eigenvalue weighted by Gasteiger charge is 2.28. The molecule has 1 amide bonds. The standard InChI is InChI=1S/C22H18F3N3O/c23-16-5-3-14(4-6-16)21-26-10-9-20(27-21)15-2-1-11-28(13-15)22(29)18-8-7-17(24)12-19(18)25/h3-10,12,15H,1-2,11,13H2/t15-/m1/s1. The van der Waals surface area contributed by atoms with Crippen molar-refractivity contribution in [3.63, 3.8) is 0 Å². The molecule has 1 aliphatic rings. The predicted octanol–water partition coefficient (Wildman–Crippen LogP) is 4.58. The van der Waals surface area contributed by atoms with Gasteiger partial charge in [0.15, 0.2) is 5.82 Å².